The first-order valence-corrected chi connectivity index (χ1v) is 14.2. The minimum atomic E-state index is 0. The van der Waals surface area contributed by atoms with Gasteiger partial charge in [-0.15, -0.1) is 71.9 Å². The zero-order valence-electron chi connectivity index (χ0n) is 23.2. The number of benzene rings is 4. The van der Waals surface area contributed by atoms with Gasteiger partial charge in [-0.1, -0.05) is 84.9 Å². The molecule has 0 saturated carbocycles. The van der Waals surface area contributed by atoms with Crippen LogP contribution in [0.5, 0.6) is 0 Å². The maximum Gasteiger partial charge on any atom is 0.164 e. The second-order valence-corrected chi connectivity index (χ2v) is 11.1. The Labute approximate surface area is 334 Å². The number of aromatic amines is 2. The maximum atomic E-state index is 5.07. The van der Waals surface area contributed by atoms with Crippen LogP contribution in [0.1, 0.15) is 0 Å². The maximum absolute atomic E-state index is 5.07. The molecule has 7 aromatic rings. The van der Waals surface area contributed by atoms with Gasteiger partial charge in [-0.2, -0.15) is 0 Å². The molecule has 8 bridgehead atoms. The second-order valence-electron chi connectivity index (χ2n) is 9.91. The van der Waals surface area contributed by atoms with Crippen molar-refractivity contribution in [2.24, 2.45) is 0 Å². The summed E-state index contributed by atoms with van der Waals surface area (Å²) >= 11 is 2.35. The number of fused-ring (bicyclic) bond motifs is 20. The number of nitrogens with zero attached hydrogens (tertiary/aromatic N) is 6. The van der Waals surface area contributed by atoms with Gasteiger partial charge in [0.1, 0.15) is 22.6 Å². The Kier molecular flexibility index (Phi) is 10.2. The summed E-state index contributed by atoms with van der Waals surface area (Å²) in [4.78, 5) is 37.0. The first-order valence-electron chi connectivity index (χ1n) is 13.1. The van der Waals surface area contributed by atoms with Gasteiger partial charge in [0, 0.05) is 66.8 Å². The molecule has 9 rings (SSSR count). The largest absolute Gasteiger partial charge is 0.324 e. The van der Waals surface area contributed by atoms with Crippen molar-refractivity contribution in [3.8, 4) is 45.6 Å². The standard InChI is InChI=1S/C32H17IN8.3HI.Zn/c33-23-15-7-14-22-24(23)32-40-30-21-13-6-5-12-20(21)28(38-30)36-26-17-9-2-1-8-16(17)25(34-26)35-27-18-10-3-4-11-19(18)29(37-27)39-31(22)41-32;;;;/h1-15H,(H2,34,35,36,37,38,39,40,41);3*1H;. The van der Waals surface area contributed by atoms with Gasteiger partial charge < -0.3 is 9.97 Å². The van der Waals surface area contributed by atoms with Crippen molar-refractivity contribution < 1.29 is 19.5 Å². The Balaban J connectivity index is 0.00000100. The zero-order chi connectivity index (χ0) is 27.1. The van der Waals surface area contributed by atoms with Crippen LogP contribution >= 0.6 is 94.5 Å². The van der Waals surface area contributed by atoms with Crippen molar-refractivity contribution in [3.05, 3.63) is 94.6 Å². The van der Waals surface area contributed by atoms with E-state index >= 15 is 0 Å². The van der Waals surface area contributed by atoms with E-state index in [1.165, 1.54) is 0 Å². The Morgan fingerprint density at radius 1 is 0.400 bits per heavy atom. The quantitative estimate of drug-likeness (QED) is 0.116. The minimum absolute atomic E-state index is 0. The minimum Gasteiger partial charge on any atom is -0.324 e. The normalized spacial score (nSPS) is 11.0. The average molecular weight is 1090 g/mol. The molecule has 0 saturated heterocycles. The van der Waals surface area contributed by atoms with Crippen molar-refractivity contribution in [3.63, 3.8) is 0 Å². The van der Waals surface area contributed by atoms with Crippen LogP contribution in [0.2, 0.25) is 0 Å². The Bertz CT molecular complexity index is 2420. The first kappa shape index (κ1) is 34.1. The van der Waals surface area contributed by atoms with Crippen molar-refractivity contribution in [1.82, 2.24) is 39.9 Å². The molecule has 5 heterocycles. The van der Waals surface area contributed by atoms with E-state index in [9.17, 15) is 0 Å². The van der Waals surface area contributed by atoms with Crippen LogP contribution in [0, 0.1) is 3.57 Å². The molecule has 13 heteroatoms. The molecule has 2 N–H and O–H groups in total. The molecule has 8 nitrogen and oxygen atoms in total. The van der Waals surface area contributed by atoms with Crippen LogP contribution in [0.15, 0.2) is 91.0 Å². The van der Waals surface area contributed by atoms with Crippen LogP contribution in [0.3, 0.4) is 0 Å². The average Bonchev–Trinajstić information content (AvgIpc) is 3.73. The molecule has 0 aliphatic carbocycles. The van der Waals surface area contributed by atoms with Gasteiger partial charge in [0.15, 0.2) is 23.3 Å². The monoisotopic (exact) mass is 1090 g/mol. The molecule has 0 amide bonds. The molecule has 2 aliphatic heterocycles. The van der Waals surface area contributed by atoms with E-state index in [0.29, 0.717) is 45.9 Å². The number of halogens is 4. The number of nitrogens with one attached hydrogen (secondary N) is 2. The molecule has 3 aromatic heterocycles. The van der Waals surface area contributed by atoms with E-state index in [1.807, 2.05) is 78.9 Å². The summed E-state index contributed by atoms with van der Waals surface area (Å²) in [6.45, 7) is 0. The third-order valence-electron chi connectivity index (χ3n) is 7.53. The summed E-state index contributed by atoms with van der Waals surface area (Å²) in [5.74, 6) is 2.39. The SMILES string of the molecule is I.I.I.Ic1cccc2c3nc4nc(nc5[nH]c(nc6nc(nc([nH]3)c12)-c1ccccc1-6)c1ccccc51)-c1ccccc1-4.[Zn]. The van der Waals surface area contributed by atoms with E-state index in [0.717, 1.165) is 47.4 Å². The Morgan fingerprint density at radius 2 is 0.756 bits per heavy atom. The molecule has 0 unspecified atom stereocenters. The van der Waals surface area contributed by atoms with Gasteiger partial charge in [0.05, 0.1) is 0 Å². The summed E-state index contributed by atoms with van der Waals surface area (Å²) in [6.07, 6.45) is 0. The third-order valence-corrected chi connectivity index (χ3v) is 8.43. The summed E-state index contributed by atoms with van der Waals surface area (Å²) < 4.78 is 1.07. The second kappa shape index (κ2) is 13.5. The third kappa shape index (κ3) is 5.59. The smallest absolute Gasteiger partial charge is 0.164 e. The van der Waals surface area contributed by atoms with Gasteiger partial charge in [-0.3, -0.25) is 0 Å². The number of hydrogen-bond donors (Lipinski definition) is 2. The topological polar surface area (TPSA) is 109 Å². The Morgan fingerprint density at radius 3 is 1.22 bits per heavy atom. The van der Waals surface area contributed by atoms with Crippen molar-refractivity contribution in [2.45, 2.75) is 0 Å². The van der Waals surface area contributed by atoms with Gasteiger partial charge in [0.25, 0.3) is 0 Å². The molecule has 2 aliphatic rings. The van der Waals surface area contributed by atoms with E-state index in [4.69, 9.17) is 29.9 Å². The van der Waals surface area contributed by atoms with Gasteiger partial charge in [0.2, 0.25) is 0 Å². The van der Waals surface area contributed by atoms with Crippen molar-refractivity contribution in [2.75, 3.05) is 0 Å². The molecular weight excluding hydrogens is 1070 g/mol. The van der Waals surface area contributed by atoms with E-state index in [1.54, 1.807) is 0 Å². The van der Waals surface area contributed by atoms with Crippen LogP contribution in [-0.2, 0) is 19.5 Å². The fourth-order valence-corrected chi connectivity index (χ4v) is 6.40. The molecule has 0 fully saturated rings. The number of H-pyrrole nitrogens is 2. The van der Waals surface area contributed by atoms with Crippen LogP contribution in [0.25, 0.3) is 89.7 Å². The summed E-state index contributed by atoms with van der Waals surface area (Å²) in [7, 11) is 0. The fourth-order valence-electron chi connectivity index (χ4n) is 5.65. The van der Waals surface area contributed by atoms with E-state index in [2.05, 4.69) is 44.7 Å². The summed E-state index contributed by atoms with van der Waals surface area (Å²) in [5.41, 5.74) is 6.46. The molecule has 218 valence electrons. The van der Waals surface area contributed by atoms with Crippen molar-refractivity contribution in [1.29, 1.82) is 0 Å². The molecular formula is C32H20I4N8Zn. The predicted molar refractivity (Wildman–Crippen MR) is 215 cm³/mol. The molecule has 0 spiro atoms. The number of aromatic nitrogens is 8. The molecule has 0 radical (unpaired) electrons. The van der Waals surface area contributed by atoms with E-state index < -0.39 is 0 Å². The number of rotatable bonds is 0. The Hall–Kier alpha value is -2.22. The fraction of sp³-hybridized carbons (Fsp3) is 0. The van der Waals surface area contributed by atoms with Crippen LogP contribution in [-0.4, -0.2) is 39.9 Å². The van der Waals surface area contributed by atoms with Crippen LogP contribution < -0.4 is 0 Å². The predicted octanol–water partition coefficient (Wildman–Crippen LogP) is 9.33. The molecule has 45 heavy (non-hydrogen) atoms. The van der Waals surface area contributed by atoms with Crippen LogP contribution in [0.4, 0.5) is 0 Å². The van der Waals surface area contributed by atoms with E-state index in [-0.39, 0.29) is 91.4 Å². The van der Waals surface area contributed by atoms with Gasteiger partial charge >= 0.3 is 0 Å². The summed E-state index contributed by atoms with van der Waals surface area (Å²) in [6, 6.07) is 30.4. The molecule has 4 aromatic carbocycles. The first-order chi connectivity index (χ1) is 20.2. The number of hydrogen-bond acceptors (Lipinski definition) is 6. The zero-order valence-corrected chi connectivity index (χ0v) is 35.3. The molecule has 0 atom stereocenters. The van der Waals surface area contributed by atoms with Gasteiger partial charge in [-0.25, -0.2) is 29.9 Å². The van der Waals surface area contributed by atoms with Gasteiger partial charge in [-0.05, 0) is 28.7 Å². The summed E-state index contributed by atoms with van der Waals surface area (Å²) in [5, 5.41) is 3.86. The van der Waals surface area contributed by atoms with Crippen molar-refractivity contribution >= 4 is 139 Å².